The van der Waals surface area contributed by atoms with Gasteiger partial charge in [0.15, 0.2) is 9.84 Å². The minimum absolute atomic E-state index is 0.0560. The molecule has 0 saturated carbocycles. The number of hydrogen-bond acceptors (Lipinski definition) is 6. The Kier molecular flexibility index (Phi) is 12.6. The molecule has 0 aliphatic carbocycles. The van der Waals surface area contributed by atoms with Gasteiger partial charge in [0.2, 0.25) is 0 Å². The van der Waals surface area contributed by atoms with Gasteiger partial charge in [-0.2, -0.15) is 0 Å². The summed E-state index contributed by atoms with van der Waals surface area (Å²) in [6.07, 6.45) is 7.91. The van der Waals surface area contributed by atoms with Gasteiger partial charge in [-0.1, -0.05) is 69.4 Å². The number of ether oxygens (including phenoxy) is 2. The van der Waals surface area contributed by atoms with Crippen molar-refractivity contribution in [1.29, 1.82) is 0 Å². The van der Waals surface area contributed by atoms with Crippen LogP contribution in [0.4, 0.5) is 0 Å². The highest BCUT2D eigenvalue weighted by Crippen LogP contribution is 2.15. The summed E-state index contributed by atoms with van der Waals surface area (Å²) in [5.74, 6) is -1.43. The van der Waals surface area contributed by atoms with Gasteiger partial charge in [0.1, 0.15) is 0 Å². The lowest BCUT2D eigenvalue weighted by atomic mass is 10.1. The van der Waals surface area contributed by atoms with E-state index >= 15 is 0 Å². The van der Waals surface area contributed by atoms with E-state index in [-0.39, 0.29) is 23.0 Å². The Hall–Kier alpha value is -2.41. The highest BCUT2D eigenvalue weighted by atomic mass is 32.2. The van der Waals surface area contributed by atoms with Crippen molar-refractivity contribution in [3.05, 3.63) is 54.1 Å². The van der Waals surface area contributed by atoms with Crippen LogP contribution >= 0.6 is 0 Å². The van der Waals surface area contributed by atoms with E-state index < -0.39 is 21.6 Å². The van der Waals surface area contributed by atoms with Crippen molar-refractivity contribution in [3.8, 4) is 0 Å². The summed E-state index contributed by atoms with van der Waals surface area (Å²) < 4.78 is 35.0. The van der Waals surface area contributed by atoms with Crippen LogP contribution in [0.3, 0.4) is 0 Å². The van der Waals surface area contributed by atoms with E-state index in [1.54, 1.807) is 19.1 Å². The molecule has 0 radical (unpaired) electrons. The largest absolute Gasteiger partial charge is 0.462 e. The van der Waals surface area contributed by atoms with Crippen LogP contribution in [0.2, 0.25) is 0 Å². The zero-order chi connectivity index (χ0) is 24.0. The first-order chi connectivity index (χ1) is 15.1. The van der Waals surface area contributed by atoms with Crippen LogP contribution in [0.5, 0.6) is 0 Å². The normalized spacial score (nSPS) is 11.1. The molecule has 0 aliphatic rings. The molecule has 0 bridgehead atoms. The van der Waals surface area contributed by atoms with Gasteiger partial charge in [0, 0.05) is 11.1 Å². The topological polar surface area (TPSA) is 86.7 Å². The number of rotatable bonds is 16. The van der Waals surface area contributed by atoms with Crippen LogP contribution < -0.4 is 0 Å². The Balaban J connectivity index is 2.07. The fraction of sp³-hybridized carbons (Fsp3) is 0.520. The summed E-state index contributed by atoms with van der Waals surface area (Å²) in [5, 5.41) is 0. The van der Waals surface area contributed by atoms with Crippen molar-refractivity contribution >= 4 is 21.8 Å². The van der Waals surface area contributed by atoms with E-state index in [9.17, 15) is 18.0 Å². The molecule has 0 heterocycles. The van der Waals surface area contributed by atoms with Crippen LogP contribution in [-0.2, 0) is 28.9 Å². The third kappa shape index (κ3) is 11.3. The second kappa shape index (κ2) is 14.6. The third-order valence-electron chi connectivity index (χ3n) is 4.89. The zero-order valence-electron chi connectivity index (χ0n) is 19.4. The summed E-state index contributed by atoms with van der Waals surface area (Å²) in [7, 11) is -3.61. The van der Waals surface area contributed by atoms with Crippen molar-refractivity contribution < 1.29 is 27.5 Å². The molecule has 1 rings (SSSR count). The van der Waals surface area contributed by atoms with Crippen LogP contribution in [0.1, 0.15) is 63.9 Å². The molecular formula is C25H36O6S. The maximum atomic E-state index is 12.4. The molecule has 0 amide bonds. The molecule has 0 fully saturated rings. The Morgan fingerprint density at radius 3 is 1.69 bits per heavy atom. The zero-order valence-corrected chi connectivity index (χ0v) is 20.2. The number of aryl methyl sites for hydroxylation is 1. The van der Waals surface area contributed by atoms with Crippen LogP contribution in [-0.4, -0.2) is 39.3 Å². The number of carbonyl (C=O) groups is 2. The van der Waals surface area contributed by atoms with E-state index in [1.807, 2.05) is 6.92 Å². The molecule has 0 saturated heterocycles. The molecule has 1 aromatic rings. The molecule has 0 unspecified atom stereocenters. The monoisotopic (exact) mass is 464 g/mol. The van der Waals surface area contributed by atoms with Crippen molar-refractivity contribution in [1.82, 2.24) is 0 Å². The smallest absolute Gasteiger partial charge is 0.334 e. The van der Waals surface area contributed by atoms with Crippen molar-refractivity contribution in [2.24, 2.45) is 0 Å². The van der Waals surface area contributed by atoms with Gasteiger partial charge >= 0.3 is 11.9 Å². The Morgan fingerprint density at radius 2 is 1.22 bits per heavy atom. The first-order valence-corrected chi connectivity index (χ1v) is 12.8. The standard InChI is InChI=1S/C25H36O6S/c1-20(2)24(26)30-17-11-9-7-5-6-8-10-12-18-31-25(27)22(4)19-32(28,29)23-15-13-21(3)14-16-23/h13-16H,1,4-12,17-19H2,2-3H3. The average molecular weight is 465 g/mol. The number of esters is 2. The number of hydrogen-bond donors (Lipinski definition) is 0. The summed E-state index contributed by atoms with van der Waals surface area (Å²) in [6.45, 7) is 11.3. The van der Waals surface area contributed by atoms with Gasteiger partial charge < -0.3 is 9.47 Å². The molecular weight excluding hydrogens is 428 g/mol. The predicted octanol–water partition coefficient (Wildman–Crippen LogP) is 5.11. The van der Waals surface area contributed by atoms with E-state index in [1.165, 1.54) is 12.1 Å². The first-order valence-electron chi connectivity index (χ1n) is 11.1. The van der Waals surface area contributed by atoms with Gasteiger partial charge in [-0.25, -0.2) is 18.0 Å². The van der Waals surface area contributed by atoms with Gasteiger partial charge in [0.05, 0.1) is 23.9 Å². The Labute approximate surface area is 192 Å². The van der Waals surface area contributed by atoms with Crippen molar-refractivity contribution in [3.63, 3.8) is 0 Å². The molecule has 0 aromatic heterocycles. The fourth-order valence-corrected chi connectivity index (χ4v) is 4.23. The molecule has 0 aliphatic heterocycles. The van der Waals surface area contributed by atoms with Gasteiger partial charge in [0.25, 0.3) is 0 Å². The van der Waals surface area contributed by atoms with Crippen molar-refractivity contribution in [2.75, 3.05) is 19.0 Å². The predicted molar refractivity (Wildman–Crippen MR) is 126 cm³/mol. The number of sulfone groups is 1. The lowest BCUT2D eigenvalue weighted by Crippen LogP contribution is -2.17. The van der Waals surface area contributed by atoms with Gasteiger partial charge in [-0.15, -0.1) is 0 Å². The Bertz CT molecular complexity index is 868. The summed E-state index contributed by atoms with van der Waals surface area (Å²) in [4.78, 5) is 23.4. The minimum Gasteiger partial charge on any atom is -0.462 e. The van der Waals surface area contributed by atoms with Crippen molar-refractivity contribution in [2.45, 2.75) is 70.1 Å². The number of carbonyl (C=O) groups excluding carboxylic acids is 2. The van der Waals surface area contributed by atoms with Gasteiger partial charge in [-0.3, -0.25) is 0 Å². The molecule has 1 aromatic carbocycles. The SMILES string of the molecule is C=C(C)C(=O)OCCCCCCCCCCOC(=O)C(=C)CS(=O)(=O)c1ccc(C)cc1. The third-order valence-corrected chi connectivity index (χ3v) is 6.61. The summed E-state index contributed by atoms with van der Waals surface area (Å²) >= 11 is 0. The molecule has 6 nitrogen and oxygen atoms in total. The van der Waals surface area contributed by atoms with E-state index in [2.05, 4.69) is 13.2 Å². The molecule has 0 atom stereocenters. The lowest BCUT2D eigenvalue weighted by Gasteiger charge is -2.09. The lowest BCUT2D eigenvalue weighted by molar-refractivity contribution is -0.139. The molecule has 178 valence electrons. The van der Waals surface area contributed by atoms with Crippen LogP contribution in [0.25, 0.3) is 0 Å². The molecule has 7 heteroatoms. The summed E-state index contributed by atoms with van der Waals surface area (Å²) in [5.41, 5.74) is 1.33. The maximum absolute atomic E-state index is 12.4. The first kappa shape index (κ1) is 27.6. The van der Waals surface area contributed by atoms with E-state index in [0.29, 0.717) is 12.2 Å². The molecule has 0 spiro atoms. The number of benzene rings is 1. The number of unbranched alkanes of at least 4 members (excludes halogenated alkanes) is 7. The second-order valence-corrected chi connectivity index (χ2v) is 10.0. The van der Waals surface area contributed by atoms with Crippen LogP contribution in [0, 0.1) is 6.92 Å². The summed E-state index contributed by atoms with van der Waals surface area (Å²) in [6, 6.07) is 6.49. The molecule has 32 heavy (non-hydrogen) atoms. The Morgan fingerprint density at radius 1 is 0.781 bits per heavy atom. The van der Waals surface area contributed by atoms with Gasteiger partial charge in [-0.05, 0) is 38.8 Å². The molecule has 0 N–H and O–H groups in total. The quantitative estimate of drug-likeness (QED) is 0.192. The fourth-order valence-electron chi connectivity index (χ4n) is 2.94. The average Bonchev–Trinajstić information content (AvgIpc) is 2.73. The van der Waals surface area contributed by atoms with E-state index in [4.69, 9.17) is 9.47 Å². The second-order valence-electron chi connectivity index (χ2n) is 8.06. The van der Waals surface area contributed by atoms with Crippen LogP contribution in [0.15, 0.2) is 53.5 Å². The minimum atomic E-state index is -3.61. The highest BCUT2D eigenvalue weighted by Gasteiger charge is 2.20. The van der Waals surface area contributed by atoms with E-state index in [0.717, 1.165) is 56.9 Å². The highest BCUT2D eigenvalue weighted by molar-refractivity contribution is 7.91. The maximum Gasteiger partial charge on any atom is 0.334 e.